The van der Waals surface area contributed by atoms with E-state index in [-0.39, 0.29) is 31.1 Å². The third kappa shape index (κ3) is 56.3. The van der Waals surface area contributed by atoms with Crippen LogP contribution in [0.4, 0.5) is 0 Å². The van der Waals surface area contributed by atoms with Gasteiger partial charge in [0.1, 0.15) is 13.2 Å². The highest BCUT2D eigenvalue weighted by molar-refractivity contribution is 5.71. The molecule has 0 aromatic carbocycles. The van der Waals surface area contributed by atoms with Crippen LogP contribution in [-0.4, -0.2) is 37.2 Å². The lowest BCUT2D eigenvalue weighted by Crippen LogP contribution is -2.30. The van der Waals surface area contributed by atoms with Crippen molar-refractivity contribution in [1.82, 2.24) is 0 Å². The first kappa shape index (κ1) is 67.4. The van der Waals surface area contributed by atoms with Crippen molar-refractivity contribution < 1.29 is 28.6 Å². The van der Waals surface area contributed by atoms with Gasteiger partial charge in [-0.2, -0.15) is 0 Å². The van der Waals surface area contributed by atoms with Crippen LogP contribution in [0.2, 0.25) is 0 Å². The van der Waals surface area contributed by atoms with Crippen molar-refractivity contribution in [2.24, 2.45) is 0 Å². The van der Waals surface area contributed by atoms with Crippen LogP contribution in [0.1, 0.15) is 323 Å². The average Bonchev–Trinajstić information content (AvgIpc) is 3.36. The van der Waals surface area contributed by atoms with E-state index in [4.69, 9.17) is 14.2 Å². The van der Waals surface area contributed by atoms with Crippen LogP contribution in [0.15, 0.2) is 48.6 Å². The van der Waals surface area contributed by atoms with Crippen molar-refractivity contribution in [3.63, 3.8) is 0 Å². The Labute approximate surface area is 435 Å². The maximum absolute atomic E-state index is 12.8. The predicted octanol–water partition coefficient (Wildman–Crippen LogP) is 20.6. The summed E-state index contributed by atoms with van der Waals surface area (Å²) in [6, 6.07) is 0. The Kier molecular flexibility index (Phi) is 56.7. The molecule has 408 valence electrons. The van der Waals surface area contributed by atoms with Crippen LogP contribution in [0.3, 0.4) is 0 Å². The van der Waals surface area contributed by atoms with E-state index in [9.17, 15) is 14.4 Å². The molecule has 0 aliphatic rings. The van der Waals surface area contributed by atoms with Gasteiger partial charge in [0.15, 0.2) is 6.10 Å². The van der Waals surface area contributed by atoms with Crippen LogP contribution in [0, 0.1) is 0 Å². The van der Waals surface area contributed by atoms with Gasteiger partial charge in [-0.3, -0.25) is 14.4 Å². The second-order valence-corrected chi connectivity index (χ2v) is 20.6. The number of esters is 3. The van der Waals surface area contributed by atoms with E-state index in [2.05, 4.69) is 69.4 Å². The van der Waals surface area contributed by atoms with Crippen LogP contribution in [0.25, 0.3) is 0 Å². The van der Waals surface area contributed by atoms with E-state index in [0.29, 0.717) is 19.3 Å². The molecule has 6 nitrogen and oxygen atoms in total. The largest absolute Gasteiger partial charge is 0.462 e. The zero-order valence-corrected chi connectivity index (χ0v) is 46.8. The van der Waals surface area contributed by atoms with Gasteiger partial charge >= 0.3 is 17.9 Å². The van der Waals surface area contributed by atoms with Gasteiger partial charge in [-0.05, 0) is 64.2 Å². The second-order valence-electron chi connectivity index (χ2n) is 20.6. The predicted molar refractivity (Wildman–Crippen MR) is 302 cm³/mol. The van der Waals surface area contributed by atoms with Crippen molar-refractivity contribution in [2.75, 3.05) is 13.2 Å². The summed E-state index contributed by atoms with van der Waals surface area (Å²) in [6.07, 6.45) is 72.5. The molecule has 0 radical (unpaired) electrons. The number of hydrogen-bond donors (Lipinski definition) is 0. The van der Waals surface area contributed by atoms with Crippen LogP contribution < -0.4 is 0 Å². The zero-order chi connectivity index (χ0) is 50.7. The maximum atomic E-state index is 12.8. The van der Waals surface area contributed by atoms with Crippen molar-refractivity contribution >= 4 is 17.9 Å². The minimum absolute atomic E-state index is 0.0787. The molecule has 0 saturated carbocycles. The van der Waals surface area contributed by atoms with Gasteiger partial charge in [-0.15, -0.1) is 0 Å². The third-order valence-electron chi connectivity index (χ3n) is 13.6. The molecular weight excluding hydrogens is 865 g/mol. The Bertz CT molecular complexity index is 1220. The topological polar surface area (TPSA) is 78.9 Å². The molecule has 0 amide bonds. The van der Waals surface area contributed by atoms with Gasteiger partial charge in [-0.25, -0.2) is 0 Å². The number of unbranched alkanes of at least 4 members (excludes halogenated alkanes) is 37. The number of hydrogen-bond acceptors (Lipinski definition) is 6. The summed E-state index contributed by atoms with van der Waals surface area (Å²) >= 11 is 0. The maximum Gasteiger partial charge on any atom is 0.306 e. The Morgan fingerprint density at radius 1 is 0.286 bits per heavy atom. The number of rotatable bonds is 56. The van der Waals surface area contributed by atoms with Gasteiger partial charge in [0.2, 0.25) is 0 Å². The minimum Gasteiger partial charge on any atom is -0.462 e. The first-order chi connectivity index (χ1) is 34.5. The van der Waals surface area contributed by atoms with Crippen LogP contribution >= 0.6 is 0 Å². The molecule has 0 N–H and O–H groups in total. The smallest absolute Gasteiger partial charge is 0.306 e. The SMILES string of the molecule is CCCCC/C=C\C/C=C\C/C=C\C/C=C\CCCCCC(=O)OC[C@H](COC(=O)CCCCCCCCCCCCCCCCCCCCCCC)OC(=O)CCCCCCCCCCCCCC. The molecule has 0 aromatic rings. The third-order valence-corrected chi connectivity index (χ3v) is 13.6. The molecule has 70 heavy (non-hydrogen) atoms. The molecule has 0 bridgehead atoms. The molecule has 0 aliphatic heterocycles. The van der Waals surface area contributed by atoms with Crippen LogP contribution in [-0.2, 0) is 28.6 Å². The number of ether oxygens (including phenoxy) is 3. The second kappa shape index (κ2) is 58.9. The molecule has 0 spiro atoms. The van der Waals surface area contributed by atoms with E-state index in [1.165, 1.54) is 199 Å². The quantitative estimate of drug-likeness (QED) is 0.0261. The first-order valence-electron chi connectivity index (χ1n) is 30.6. The molecule has 0 heterocycles. The van der Waals surface area contributed by atoms with E-state index in [1.807, 2.05) is 0 Å². The van der Waals surface area contributed by atoms with E-state index >= 15 is 0 Å². The van der Waals surface area contributed by atoms with Gasteiger partial charge in [-0.1, -0.05) is 288 Å². The number of carbonyl (C=O) groups excluding carboxylic acids is 3. The zero-order valence-electron chi connectivity index (χ0n) is 46.8. The summed E-state index contributed by atoms with van der Waals surface area (Å²) in [6.45, 7) is 6.63. The summed E-state index contributed by atoms with van der Waals surface area (Å²) in [7, 11) is 0. The summed E-state index contributed by atoms with van der Waals surface area (Å²) in [5.74, 6) is -0.892. The molecule has 6 heteroatoms. The lowest BCUT2D eigenvalue weighted by atomic mass is 10.0. The van der Waals surface area contributed by atoms with E-state index in [1.54, 1.807) is 0 Å². The van der Waals surface area contributed by atoms with Crippen molar-refractivity contribution in [3.8, 4) is 0 Å². The lowest BCUT2D eigenvalue weighted by Gasteiger charge is -2.18. The van der Waals surface area contributed by atoms with Crippen molar-refractivity contribution in [1.29, 1.82) is 0 Å². The number of allylic oxidation sites excluding steroid dienone is 8. The molecular formula is C64H116O6. The fourth-order valence-electron chi connectivity index (χ4n) is 8.96. The standard InChI is InChI=1S/C64H116O6/c1-4-7-10-13-16-19-22-25-27-29-31-32-34-36-38-40-43-45-48-51-54-57-63(66)69-60-61(70-64(67)58-55-52-49-46-41-24-21-18-15-12-9-6-3)59-68-62(65)56-53-50-47-44-42-39-37-35-33-30-28-26-23-20-17-14-11-8-5-2/h17,20,26,28,33,35,39,42,61H,4-16,18-19,21-25,27,29-32,34,36-38,40-41,43-60H2,1-3H3/b20-17-,28-26-,35-33-,42-39-/t61-/m1/s1. The Morgan fingerprint density at radius 3 is 0.829 bits per heavy atom. The first-order valence-corrected chi connectivity index (χ1v) is 30.6. The summed E-state index contributed by atoms with van der Waals surface area (Å²) < 4.78 is 16.9. The summed E-state index contributed by atoms with van der Waals surface area (Å²) in [5.41, 5.74) is 0. The van der Waals surface area contributed by atoms with E-state index < -0.39 is 6.10 Å². The van der Waals surface area contributed by atoms with Gasteiger partial charge in [0, 0.05) is 19.3 Å². The molecule has 1 atom stereocenters. The highest BCUT2D eigenvalue weighted by Crippen LogP contribution is 2.17. The molecule has 0 aromatic heterocycles. The van der Waals surface area contributed by atoms with Gasteiger partial charge in [0.25, 0.3) is 0 Å². The molecule has 0 unspecified atom stereocenters. The lowest BCUT2D eigenvalue weighted by molar-refractivity contribution is -0.167. The molecule has 0 rings (SSSR count). The van der Waals surface area contributed by atoms with Gasteiger partial charge < -0.3 is 14.2 Å². The Morgan fingerprint density at radius 2 is 0.514 bits per heavy atom. The average molecular weight is 982 g/mol. The van der Waals surface area contributed by atoms with Crippen molar-refractivity contribution in [2.45, 2.75) is 329 Å². The van der Waals surface area contributed by atoms with Crippen LogP contribution in [0.5, 0.6) is 0 Å². The molecule has 0 fully saturated rings. The highest BCUT2D eigenvalue weighted by Gasteiger charge is 2.19. The summed E-state index contributed by atoms with van der Waals surface area (Å²) in [5, 5.41) is 0. The minimum atomic E-state index is -0.782. The molecule has 0 aliphatic carbocycles. The fraction of sp³-hybridized carbons (Fsp3) is 0.828. The van der Waals surface area contributed by atoms with Gasteiger partial charge in [0.05, 0.1) is 0 Å². The van der Waals surface area contributed by atoms with E-state index in [0.717, 1.165) is 83.5 Å². The summed E-state index contributed by atoms with van der Waals surface area (Å²) in [4.78, 5) is 38.2. The van der Waals surface area contributed by atoms with Crippen molar-refractivity contribution in [3.05, 3.63) is 48.6 Å². The Balaban J connectivity index is 4.32. The molecule has 0 saturated heterocycles. The highest BCUT2D eigenvalue weighted by atomic mass is 16.6. The number of carbonyl (C=O) groups is 3. The Hall–Kier alpha value is -2.63. The monoisotopic (exact) mass is 981 g/mol. The fourth-order valence-corrected chi connectivity index (χ4v) is 8.96. The normalized spacial score (nSPS) is 12.3.